The average Bonchev–Trinajstić information content (AvgIpc) is 2.69. The van der Waals surface area contributed by atoms with E-state index in [1.807, 2.05) is 6.92 Å². The fraction of sp³-hybridized carbons (Fsp3) is 0.833. The highest BCUT2D eigenvalue weighted by Gasteiger charge is 2.13. The van der Waals surface area contributed by atoms with Gasteiger partial charge in [-0.3, -0.25) is 4.79 Å². The number of carbonyl (C=O) groups is 2. The van der Waals surface area contributed by atoms with Crippen molar-refractivity contribution in [2.24, 2.45) is 0 Å². The van der Waals surface area contributed by atoms with Crippen LogP contribution in [0.2, 0.25) is 0 Å². The second kappa shape index (κ2) is 20.4. The molecule has 0 heterocycles. The lowest BCUT2D eigenvalue weighted by molar-refractivity contribution is -0.140. The Balaban J connectivity index is 3.55. The maximum absolute atomic E-state index is 12.0. The highest BCUT2D eigenvalue weighted by molar-refractivity contribution is 5.93. The number of nitrogens with one attached hydrogen (secondary N) is 1. The number of unbranched alkanes of at least 4 members (excludes halogenated alkanes) is 13. The largest absolute Gasteiger partial charge is 0.461 e. The molecule has 0 bridgehead atoms. The third kappa shape index (κ3) is 16.8. The summed E-state index contributed by atoms with van der Waals surface area (Å²) in [5.41, 5.74) is 0.260. The third-order valence-electron chi connectivity index (χ3n) is 5.02. The van der Waals surface area contributed by atoms with Crippen LogP contribution < -0.4 is 5.32 Å². The Morgan fingerprint density at radius 3 is 1.64 bits per heavy atom. The van der Waals surface area contributed by atoms with Crippen LogP contribution in [0.15, 0.2) is 11.8 Å². The van der Waals surface area contributed by atoms with Crippen molar-refractivity contribution in [1.82, 2.24) is 5.32 Å². The first-order valence-electron chi connectivity index (χ1n) is 11.8. The zero-order valence-electron chi connectivity index (χ0n) is 18.8. The predicted octanol–water partition coefficient (Wildman–Crippen LogP) is 6.83. The summed E-state index contributed by atoms with van der Waals surface area (Å²) < 4.78 is 5.14. The summed E-state index contributed by atoms with van der Waals surface area (Å²) in [5.74, 6) is -0.529. The first-order chi connectivity index (χ1) is 13.7. The summed E-state index contributed by atoms with van der Waals surface area (Å²) in [7, 11) is 0. The van der Waals surface area contributed by atoms with Gasteiger partial charge in [0.1, 0.15) is 5.70 Å². The minimum absolute atomic E-state index is 0.0939. The number of rotatable bonds is 19. The van der Waals surface area contributed by atoms with Crippen LogP contribution in [-0.2, 0) is 14.3 Å². The zero-order valence-corrected chi connectivity index (χ0v) is 18.8. The van der Waals surface area contributed by atoms with Crippen molar-refractivity contribution >= 4 is 11.9 Å². The molecular weight excluding hydrogens is 350 g/mol. The fourth-order valence-corrected chi connectivity index (χ4v) is 3.14. The highest BCUT2D eigenvalue weighted by Crippen LogP contribution is 2.13. The number of hydrogen-bond acceptors (Lipinski definition) is 3. The smallest absolute Gasteiger partial charge is 0.354 e. The summed E-state index contributed by atoms with van der Waals surface area (Å²) in [6, 6.07) is 0. The number of amides is 1. The third-order valence-corrected chi connectivity index (χ3v) is 5.02. The van der Waals surface area contributed by atoms with Crippen LogP contribution in [0.25, 0.3) is 0 Å². The van der Waals surface area contributed by atoms with Gasteiger partial charge in [-0.1, -0.05) is 103 Å². The second-order valence-corrected chi connectivity index (χ2v) is 7.73. The molecule has 0 aromatic rings. The lowest BCUT2D eigenvalue weighted by atomic mass is 10.0. The average molecular weight is 396 g/mol. The molecule has 0 radical (unpaired) electrons. The SMILES string of the molecule is C/C=C(\NC(=O)CCCCCCCCCCCCCCC)C(=O)OCCCC. The van der Waals surface area contributed by atoms with Crippen LogP contribution >= 0.6 is 0 Å². The number of esters is 1. The molecule has 0 spiro atoms. The second-order valence-electron chi connectivity index (χ2n) is 7.73. The molecule has 0 rings (SSSR count). The number of hydrogen-bond donors (Lipinski definition) is 1. The molecule has 4 nitrogen and oxygen atoms in total. The van der Waals surface area contributed by atoms with Crippen LogP contribution in [0.3, 0.4) is 0 Å². The van der Waals surface area contributed by atoms with Crippen molar-refractivity contribution in [2.45, 2.75) is 124 Å². The summed E-state index contributed by atoms with van der Waals surface area (Å²) in [6.07, 6.45) is 20.6. The first kappa shape index (κ1) is 26.7. The first-order valence-corrected chi connectivity index (χ1v) is 11.8. The molecule has 0 aromatic carbocycles. The molecule has 0 aliphatic carbocycles. The number of carbonyl (C=O) groups excluding carboxylic acids is 2. The van der Waals surface area contributed by atoms with Crippen molar-refractivity contribution in [3.8, 4) is 0 Å². The normalized spacial score (nSPS) is 11.5. The Morgan fingerprint density at radius 1 is 0.714 bits per heavy atom. The highest BCUT2D eigenvalue weighted by atomic mass is 16.5. The Labute approximate surface area is 173 Å². The van der Waals surface area contributed by atoms with Crippen LogP contribution in [0.5, 0.6) is 0 Å². The fourth-order valence-electron chi connectivity index (χ4n) is 3.14. The molecule has 0 saturated heterocycles. The van der Waals surface area contributed by atoms with Crippen LogP contribution in [0.1, 0.15) is 124 Å². The minimum atomic E-state index is -0.435. The van der Waals surface area contributed by atoms with E-state index in [1.165, 1.54) is 70.6 Å². The van der Waals surface area contributed by atoms with E-state index in [1.54, 1.807) is 13.0 Å². The Morgan fingerprint density at radius 2 is 1.18 bits per heavy atom. The molecule has 0 aliphatic heterocycles. The van der Waals surface area contributed by atoms with Gasteiger partial charge in [-0.2, -0.15) is 0 Å². The molecule has 0 fully saturated rings. The molecule has 0 aliphatic rings. The summed E-state index contributed by atoms with van der Waals surface area (Å²) in [5, 5.41) is 2.68. The number of allylic oxidation sites excluding steroid dienone is 1. The number of ether oxygens (including phenoxy) is 1. The van der Waals surface area contributed by atoms with Crippen molar-refractivity contribution in [1.29, 1.82) is 0 Å². The van der Waals surface area contributed by atoms with E-state index in [0.717, 1.165) is 25.7 Å². The quantitative estimate of drug-likeness (QED) is 0.148. The molecule has 4 heteroatoms. The van der Waals surface area contributed by atoms with E-state index in [4.69, 9.17) is 4.74 Å². The lowest BCUT2D eigenvalue weighted by Crippen LogP contribution is -2.28. The van der Waals surface area contributed by atoms with Crippen molar-refractivity contribution in [2.75, 3.05) is 6.61 Å². The van der Waals surface area contributed by atoms with E-state index in [0.29, 0.717) is 13.0 Å². The van der Waals surface area contributed by atoms with Gasteiger partial charge in [-0.15, -0.1) is 0 Å². The Hall–Kier alpha value is -1.32. The Kier molecular flexibility index (Phi) is 19.5. The topological polar surface area (TPSA) is 55.4 Å². The summed E-state index contributed by atoms with van der Waals surface area (Å²) in [4.78, 5) is 23.9. The van der Waals surface area contributed by atoms with E-state index < -0.39 is 5.97 Å². The van der Waals surface area contributed by atoms with Crippen LogP contribution in [0, 0.1) is 0 Å². The lowest BCUT2D eigenvalue weighted by Gasteiger charge is -2.09. The molecule has 28 heavy (non-hydrogen) atoms. The van der Waals surface area contributed by atoms with E-state index in [-0.39, 0.29) is 11.6 Å². The maximum Gasteiger partial charge on any atom is 0.354 e. The molecule has 0 atom stereocenters. The van der Waals surface area contributed by atoms with Gasteiger partial charge < -0.3 is 10.1 Å². The maximum atomic E-state index is 12.0. The molecule has 0 aromatic heterocycles. The minimum Gasteiger partial charge on any atom is -0.461 e. The van der Waals surface area contributed by atoms with Gasteiger partial charge in [0.2, 0.25) is 5.91 Å². The van der Waals surface area contributed by atoms with Gasteiger partial charge >= 0.3 is 5.97 Å². The van der Waals surface area contributed by atoms with Crippen LogP contribution in [-0.4, -0.2) is 18.5 Å². The van der Waals surface area contributed by atoms with Gasteiger partial charge in [0.15, 0.2) is 0 Å². The zero-order chi connectivity index (χ0) is 20.9. The molecular formula is C24H45NO3. The van der Waals surface area contributed by atoms with Gasteiger partial charge in [-0.25, -0.2) is 4.79 Å². The molecule has 1 N–H and O–H groups in total. The van der Waals surface area contributed by atoms with Gasteiger partial charge in [-0.05, 0) is 19.8 Å². The van der Waals surface area contributed by atoms with E-state index >= 15 is 0 Å². The van der Waals surface area contributed by atoms with Gasteiger partial charge in [0, 0.05) is 6.42 Å². The molecule has 0 unspecified atom stereocenters. The summed E-state index contributed by atoms with van der Waals surface area (Å²) >= 11 is 0. The van der Waals surface area contributed by atoms with Gasteiger partial charge in [0.05, 0.1) is 6.61 Å². The van der Waals surface area contributed by atoms with Crippen LogP contribution in [0.4, 0.5) is 0 Å². The molecule has 0 saturated carbocycles. The van der Waals surface area contributed by atoms with Crippen molar-refractivity contribution in [3.63, 3.8) is 0 Å². The van der Waals surface area contributed by atoms with Crippen molar-refractivity contribution in [3.05, 3.63) is 11.8 Å². The van der Waals surface area contributed by atoms with Gasteiger partial charge in [0.25, 0.3) is 0 Å². The van der Waals surface area contributed by atoms with E-state index in [2.05, 4.69) is 12.2 Å². The van der Waals surface area contributed by atoms with Crippen molar-refractivity contribution < 1.29 is 14.3 Å². The Bertz CT molecular complexity index is 418. The molecule has 164 valence electrons. The van der Waals surface area contributed by atoms with E-state index in [9.17, 15) is 9.59 Å². The summed E-state index contributed by atoms with van der Waals surface area (Å²) in [6.45, 7) is 6.45. The predicted molar refractivity (Wildman–Crippen MR) is 118 cm³/mol. The standard InChI is InChI=1S/C24H45NO3/c1-4-7-9-10-11-12-13-14-15-16-17-18-19-20-23(26)25-22(6-3)24(27)28-21-8-5-2/h6H,4-5,7-21H2,1-3H3,(H,25,26)/b22-6-. The molecule has 1 amide bonds. The monoisotopic (exact) mass is 395 g/mol.